The molecule has 4 atom stereocenters. The van der Waals surface area contributed by atoms with Crippen LogP contribution in [0.2, 0.25) is 0 Å². The van der Waals surface area contributed by atoms with E-state index in [9.17, 15) is 14.4 Å². The molecule has 0 saturated heterocycles. The minimum Gasteiger partial charge on any atom is -0.464 e. The van der Waals surface area contributed by atoms with Crippen molar-refractivity contribution in [3.8, 4) is 0 Å². The third kappa shape index (κ3) is 5.73. The number of carbonyl (C=O) groups is 3. The fourth-order valence-corrected chi connectivity index (χ4v) is 3.15. The number of carbonyl (C=O) groups excluding carboxylic acids is 3. The molecule has 28 heavy (non-hydrogen) atoms. The Bertz CT molecular complexity index is 751. The molecule has 0 bridgehead atoms. The van der Waals surface area contributed by atoms with Crippen molar-refractivity contribution in [3.05, 3.63) is 41.6 Å². The molecule has 0 spiro atoms. The average molecular weight is 387 g/mol. The Morgan fingerprint density at radius 1 is 1.39 bits per heavy atom. The summed E-state index contributed by atoms with van der Waals surface area (Å²) in [6, 6.07) is -1.69. The molecule has 150 valence electrons. The zero-order valence-electron chi connectivity index (χ0n) is 15.7. The number of Topliss-reactive ketones (excluding diaryl/α,β-unsaturated/α-hetero) is 1. The van der Waals surface area contributed by atoms with Gasteiger partial charge in [-0.05, 0) is 31.5 Å². The normalized spacial score (nSPS) is 21.4. The third-order valence-electron chi connectivity index (χ3n) is 4.59. The number of esters is 1. The van der Waals surface area contributed by atoms with Crippen molar-refractivity contribution in [2.24, 2.45) is 11.7 Å². The molecule has 0 radical (unpaired) electrons. The largest absolute Gasteiger partial charge is 0.464 e. The Labute approximate surface area is 163 Å². The van der Waals surface area contributed by atoms with Gasteiger partial charge in [0.2, 0.25) is 11.7 Å². The summed E-state index contributed by atoms with van der Waals surface area (Å²) in [5.74, 6) is -1.46. The number of hydrogen-bond acceptors (Lipinski definition) is 6. The Hall–Kier alpha value is -3.03. The number of nitrogens with two attached hydrogens (primary N) is 1. The molecule has 4 N–H and O–H groups in total. The predicted octanol–water partition coefficient (Wildman–Crippen LogP) is -0.000500. The van der Waals surface area contributed by atoms with E-state index >= 15 is 0 Å². The summed E-state index contributed by atoms with van der Waals surface area (Å²) in [6.45, 7) is 1.79. The number of nitrogens with zero attached hydrogens (tertiary/aromatic N) is 2. The maximum atomic E-state index is 12.5. The molecule has 0 aromatic carbocycles. The van der Waals surface area contributed by atoms with Crippen molar-refractivity contribution in [2.45, 2.75) is 44.3 Å². The number of rotatable bonds is 10. The van der Waals surface area contributed by atoms with Gasteiger partial charge in [0.05, 0.1) is 18.7 Å². The van der Waals surface area contributed by atoms with E-state index in [-0.39, 0.29) is 31.4 Å². The second kappa shape index (κ2) is 10.3. The third-order valence-corrected chi connectivity index (χ3v) is 4.59. The number of ether oxygens (including phenoxy) is 1. The number of nitrogens with one attached hydrogen (secondary N) is 2. The van der Waals surface area contributed by atoms with Crippen molar-refractivity contribution in [3.63, 3.8) is 0 Å². The van der Waals surface area contributed by atoms with E-state index in [2.05, 4.69) is 21.5 Å². The molecule has 0 aromatic heterocycles. The van der Waals surface area contributed by atoms with E-state index in [4.69, 9.17) is 16.0 Å². The fraction of sp³-hybridized carbons (Fsp3) is 0.474. The van der Waals surface area contributed by atoms with Crippen molar-refractivity contribution in [2.75, 3.05) is 6.61 Å². The van der Waals surface area contributed by atoms with E-state index in [0.717, 1.165) is 11.8 Å². The lowest BCUT2D eigenvalue weighted by molar-refractivity contribution is -0.147. The molecule has 9 heteroatoms. The van der Waals surface area contributed by atoms with Gasteiger partial charge in [-0.2, -0.15) is 4.79 Å². The zero-order chi connectivity index (χ0) is 20.5. The van der Waals surface area contributed by atoms with E-state index in [0.29, 0.717) is 6.42 Å². The topological polar surface area (TPSA) is 147 Å². The first kappa shape index (κ1) is 21.3. The lowest BCUT2D eigenvalue weighted by atomic mass is 9.88. The number of amides is 1. The van der Waals surface area contributed by atoms with Crippen molar-refractivity contribution >= 4 is 23.9 Å². The molecule has 2 unspecified atom stereocenters. The highest BCUT2D eigenvalue weighted by molar-refractivity contribution is 6.25. The van der Waals surface area contributed by atoms with Crippen LogP contribution in [0.25, 0.3) is 5.53 Å². The summed E-state index contributed by atoms with van der Waals surface area (Å²) >= 11 is 0. The van der Waals surface area contributed by atoms with Gasteiger partial charge in [-0.15, -0.1) is 0 Å². The molecule has 1 aliphatic heterocycles. The standard InChI is InChI=1S/C19H25N5O4/c1-2-28-19(27)17(8-7-13(25)11-23-21)24-18(26)15(20)9-12-10-22-16-6-4-3-5-14(12)16/h3-6,10-11,14-17,22H,2,7-9,20H2,1H3,(H,24,26)/t14?,15-,16?,17-/m0/s1. The Kier molecular flexibility index (Phi) is 7.86. The highest BCUT2D eigenvalue weighted by Gasteiger charge is 2.31. The van der Waals surface area contributed by atoms with E-state index in [1.54, 1.807) is 6.92 Å². The molecule has 1 aliphatic carbocycles. The fourth-order valence-electron chi connectivity index (χ4n) is 3.15. The first-order valence-corrected chi connectivity index (χ1v) is 9.19. The number of fused-ring (bicyclic) bond motifs is 1. The van der Waals surface area contributed by atoms with Crippen LogP contribution in [-0.2, 0) is 19.1 Å². The molecule has 0 fully saturated rings. The van der Waals surface area contributed by atoms with Gasteiger partial charge in [-0.25, -0.2) is 4.79 Å². The molecule has 9 nitrogen and oxygen atoms in total. The van der Waals surface area contributed by atoms with Gasteiger partial charge in [0, 0.05) is 12.3 Å². The first-order valence-electron chi connectivity index (χ1n) is 9.19. The molecular formula is C19H25N5O4. The van der Waals surface area contributed by atoms with Gasteiger partial charge in [0.25, 0.3) is 0 Å². The maximum absolute atomic E-state index is 12.5. The average Bonchev–Trinajstić information content (AvgIpc) is 3.08. The number of ketones is 1. The van der Waals surface area contributed by atoms with Crippen LogP contribution in [0.3, 0.4) is 0 Å². The van der Waals surface area contributed by atoms with Crippen molar-refractivity contribution in [1.82, 2.24) is 10.6 Å². The highest BCUT2D eigenvalue weighted by Crippen LogP contribution is 2.29. The SMILES string of the molecule is CCOC(=O)[C@H](CCC(=O)C=[N+]=[N-])NC(=O)[C@@H](N)CC1=CNC2C=CC=CC12. The van der Waals surface area contributed by atoms with Crippen molar-refractivity contribution in [1.29, 1.82) is 0 Å². The second-order valence-corrected chi connectivity index (χ2v) is 6.58. The van der Waals surface area contributed by atoms with Crippen LogP contribution in [0.15, 0.2) is 36.1 Å². The summed E-state index contributed by atoms with van der Waals surface area (Å²) in [4.78, 5) is 38.7. The van der Waals surface area contributed by atoms with Gasteiger partial charge in [-0.3, -0.25) is 9.59 Å². The summed E-state index contributed by atoms with van der Waals surface area (Å²) in [5.41, 5.74) is 15.4. The first-order chi connectivity index (χ1) is 13.5. The second-order valence-electron chi connectivity index (χ2n) is 6.58. The molecular weight excluding hydrogens is 362 g/mol. The highest BCUT2D eigenvalue weighted by atomic mass is 16.5. The number of allylic oxidation sites excluding steroid dienone is 2. The Morgan fingerprint density at radius 2 is 2.14 bits per heavy atom. The van der Waals surface area contributed by atoms with Crippen LogP contribution < -0.4 is 16.4 Å². The predicted molar refractivity (Wildman–Crippen MR) is 102 cm³/mol. The molecule has 2 rings (SSSR count). The van der Waals surface area contributed by atoms with Crippen molar-refractivity contribution < 1.29 is 23.9 Å². The minimum absolute atomic E-state index is 0.0185. The van der Waals surface area contributed by atoms with Gasteiger partial charge in [-0.1, -0.05) is 24.3 Å². The van der Waals surface area contributed by atoms with Crippen LogP contribution in [-0.4, -0.2) is 53.4 Å². The lowest BCUT2D eigenvalue weighted by Gasteiger charge is -2.22. The molecule has 0 aromatic rings. The zero-order valence-corrected chi connectivity index (χ0v) is 15.7. The van der Waals surface area contributed by atoms with Crippen LogP contribution in [0.4, 0.5) is 0 Å². The Morgan fingerprint density at radius 3 is 2.86 bits per heavy atom. The quantitative estimate of drug-likeness (QED) is 0.208. The minimum atomic E-state index is -1.00. The molecule has 1 amide bonds. The number of hydrogen-bond donors (Lipinski definition) is 3. The van der Waals surface area contributed by atoms with Crippen LogP contribution in [0.1, 0.15) is 26.2 Å². The van der Waals surface area contributed by atoms with E-state index < -0.39 is 29.7 Å². The summed E-state index contributed by atoms with van der Waals surface area (Å²) < 4.78 is 4.95. The van der Waals surface area contributed by atoms with Gasteiger partial charge >= 0.3 is 12.2 Å². The lowest BCUT2D eigenvalue weighted by Crippen LogP contribution is -2.49. The molecule has 1 heterocycles. The van der Waals surface area contributed by atoms with E-state index in [1.807, 2.05) is 24.4 Å². The summed E-state index contributed by atoms with van der Waals surface area (Å²) in [6.07, 6.45) is 10.9. The van der Waals surface area contributed by atoms with Gasteiger partial charge in [0.15, 0.2) is 0 Å². The monoisotopic (exact) mass is 387 g/mol. The van der Waals surface area contributed by atoms with Crippen LogP contribution >= 0.6 is 0 Å². The maximum Gasteiger partial charge on any atom is 0.328 e. The summed E-state index contributed by atoms with van der Waals surface area (Å²) in [5, 5.41) is 5.81. The molecule has 2 aliphatic rings. The van der Waals surface area contributed by atoms with Crippen LogP contribution in [0, 0.1) is 5.92 Å². The smallest absolute Gasteiger partial charge is 0.328 e. The van der Waals surface area contributed by atoms with Gasteiger partial charge in [0.1, 0.15) is 6.04 Å². The summed E-state index contributed by atoms with van der Waals surface area (Å²) in [7, 11) is 0. The molecule has 0 saturated carbocycles. The van der Waals surface area contributed by atoms with Crippen LogP contribution in [0.5, 0.6) is 0 Å². The van der Waals surface area contributed by atoms with Gasteiger partial charge < -0.3 is 26.6 Å². The Balaban J connectivity index is 1.94. The van der Waals surface area contributed by atoms with E-state index in [1.165, 1.54) is 0 Å².